The maximum atomic E-state index is 11.7. The van der Waals surface area contributed by atoms with Crippen molar-refractivity contribution in [1.82, 2.24) is 9.97 Å². The van der Waals surface area contributed by atoms with Crippen LogP contribution in [0.1, 0.15) is 19.3 Å². The first-order valence-electron chi connectivity index (χ1n) is 6.87. The Kier molecular flexibility index (Phi) is 4.16. The summed E-state index contributed by atoms with van der Waals surface area (Å²) in [6.45, 7) is 2.89. The molecule has 1 amide bonds. The fourth-order valence-electron chi connectivity index (χ4n) is 2.65. The number of rotatable bonds is 3. The maximum Gasteiger partial charge on any atom is 0.245 e. The quantitative estimate of drug-likeness (QED) is 0.908. The second kappa shape index (κ2) is 6.05. The summed E-state index contributed by atoms with van der Waals surface area (Å²) in [5, 5.41) is 2.76. The van der Waals surface area contributed by atoms with Gasteiger partial charge in [0.05, 0.1) is 12.7 Å². The highest BCUT2D eigenvalue weighted by Crippen LogP contribution is 2.28. The number of carbonyl (C=O) groups is 1. The standard InChI is InChI=1S/C13H17BrN4O2/c14-10-7-15-12-13(16-10)18(8-11(19)17-12)4-1-9-2-5-20-6-3-9/h7,9H,1-6,8H2,(H,15,17,19). The van der Waals surface area contributed by atoms with Crippen molar-refractivity contribution in [2.45, 2.75) is 19.3 Å². The molecule has 7 heteroatoms. The number of amides is 1. The van der Waals surface area contributed by atoms with Crippen LogP contribution in [0.15, 0.2) is 10.8 Å². The second-order valence-electron chi connectivity index (χ2n) is 5.18. The molecule has 0 atom stereocenters. The molecule has 1 aromatic heterocycles. The van der Waals surface area contributed by atoms with Crippen molar-refractivity contribution in [2.75, 3.05) is 36.5 Å². The zero-order chi connectivity index (χ0) is 13.9. The van der Waals surface area contributed by atoms with Crippen LogP contribution in [0, 0.1) is 5.92 Å². The minimum atomic E-state index is -0.0268. The van der Waals surface area contributed by atoms with Crippen molar-refractivity contribution in [1.29, 1.82) is 0 Å². The molecule has 1 fully saturated rings. The minimum absolute atomic E-state index is 0.0268. The van der Waals surface area contributed by atoms with E-state index in [1.165, 1.54) is 0 Å². The van der Waals surface area contributed by atoms with Gasteiger partial charge in [-0.15, -0.1) is 0 Å². The van der Waals surface area contributed by atoms with E-state index in [-0.39, 0.29) is 5.91 Å². The largest absolute Gasteiger partial charge is 0.381 e. The third kappa shape index (κ3) is 3.09. The van der Waals surface area contributed by atoms with Crippen LogP contribution in [-0.2, 0) is 9.53 Å². The van der Waals surface area contributed by atoms with Gasteiger partial charge in [-0.1, -0.05) is 0 Å². The van der Waals surface area contributed by atoms with Crippen LogP contribution in [0.5, 0.6) is 0 Å². The molecule has 0 saturated carbocycles. The smallest absolute Gasteiger partial charge is 0.245 e. The fourth-order valence-corrected chi connectivity index (χ4v) is 2.92. The van der Waals surface area contributed by atoms with Crippen LogP contribution in [0.25, 0.3) is 0 Å². The number of aromatic nitrogens is 2. The third-order valence-electron chi connectivity index (χ3n) is 3.76. The van der Waals surface area contributed by atoms with Gasteiger partial charge in [0, 0.05) is 19.8 Å². The van der Waals surface area contributed by atoms with E-state index in [1.54, 1.807) is 6.20 Å². The van der Waals surface area contributed by atoms with Crippen molar-refractivity contribution in [3.05, 3.63) is 10.8 Å². The summed E-state index contributed by atoms with van der Waals surface area (Å²) in [6.07, 6.45) is 4.87. The Morgan fingerprint density at radius 2 is 2.25 bits per heavy atom. The van der Waals surface area contributed by atoms with Gasteiger partial charge in [0.25, 0.3) is 0 Å². The second-order valence-corrected chi connectivity index (χ2v) is 5.99. The maximum absolute atomic E-state index is 11.7. The van der Waals surface area contributed by atoms with Gasteiger partial charge in [0.2, 0.25) is 5.91 Å². The van der Waals surface area contributed by atoms with E-state index in [0.717, 1.165) is 44.8 Å². The van der Waals surface area contributed by atoms with Crippen LogP contribution in [-0.4, -0.2) is 42.2 Å². The highest BCUT2D eigenvalue weighted by molar-refractivity contribution is 9.10. The number of nitrogens with one attached hydrogen (secondary N) is 1. The van der Waals surface area contributed by atoms with Crippen LogP contribution in [0.3, 0.4) is 0 Å². The van der Waals surface area contributed by atoms with Crippen LogP contribution < -0.4 is 10.2 Å². The lowest BCUT2D eigenvalue weighted by molar-refractivity contribution is -0.115. The fraction of sp³-hybridized carbons (Fsp3) is 0.615. The lowest BCUT2D eigenvalue weighted by Gasteiger charge is -2.31. The Morgan fingerprint density at radius 1 is 1.45 bits per heavy atom. The van der Waals surface area contributed by atoms with Gasteiger partial charge in [-0.3, -0.25) is 4.79 Å². The zero-order valence-electron chi connectivity index (χ0n) is 11.1. The van der Waals surface area contributed by atoms with E-state index in [9.17, 15) is 4.79 Å². The molecule has 3 heterocycles. The molecule has 6 nitrogen and oxygen atoms in total. The molecular formula is C13H17BrN4O2. The summed E-state index contributed by atoms with van der Waals surface area (Å²) in [5.74, 6) is 1.96. The Hall–Kier alpha value is -1.21. The molecule has 0 unspecified atom stereocenters. The molecule has 2 aliphatic rings. The predicted molar refractivity (Wildman–Crippen MR) is 78.7 cm³/mol. The Balaban J connectivity index is 1.69. The average molecular weight is 341 g/mol. The number of ether oxygens (including phenoxy) is 1. The van der Waals surface area contributed by atoms with E-state index < -0.39 is 0 Å². The van der Waals surface area contributed by atoms with Crippen LogP contribution >= 0.6 is 15.9 Å². The molecule has 0 spiro atoms. The van der Waals surface area contributed by atoms with Crippen molar-refractivity contribution >= 4 is 33.5 Å². The highest BCUT2D eigenvalue weighted by atomic mass is 79.9. The molecule has 0 aromatic carbocycles. The zero-order valence-corrected chi connectivity index (χ0v) is 12.7. The molecule has 108 valence electrons. The Bertz CT molecular complexity index is 505. The Labute approximate surface area is 126 Å². The number of hydrogen-bond donors (Lipinski definition) is 1. The van der Waals surface area contributed by atoms with E-state index in [2.05, 4.69) is 31.2 Å². The molecule has 20 heavy (non-hydrogen) atoms. The van der Waals surface area contributed by atoms with Gasteiger partial charge in [-0.25, -0.2) is 9.97 Å². The summed E-state index contributed by atoms with van der Waals surface area (Å²) in [5.41, 5.74) is 0. The number of halogens is 1. The van der Waals surface area contributed by atoms with Crippen molar-refractivity contribution in [3.8, 4) is 0 Å². The molecular weight excluding hydrogens is 324 g/mol. The summed E-state index contributed by atoms with van der Waals surface area (Å²) in [6, 6.07) is 0. The van der Waals surface area contributed by atoms with Crippen LogP contribution in [0.4, 0.5) is 11.6 Å². The summed E-state index contributed by atoms with van der Waals surface area (Å²) in [4.78, 5) is 22.4. The van der Waals surface area contributed by atoms with Gasteiger partial charge < -0.3 is 15.0 Å². The number of hydrogen-bond acceptors (Lipinski definition) is 5. The van der Waals surface area contributed by atoms with Crippen LogP contribution in [0.2, 0.25) is 0 Å². The Morgan fingerprint density at radius 3 is 3.05 bits per heavy atom. The van der Waals surface area contributed by atoms with Crippen molar-refractivity contribution < 1.29 is 9.53 Å². The first-order valence-corrected chi connectivity index (χ1v) is 7.67. The van der Waals surface area contributed by atoms with Crippen molar-refractivity contribution in [2.24, 2.45) is 5.92 Å². The molecule has 1 N–H and O–H groups in total. The number of carbonyl (C=O) groups excluding carboxylic acids is 1. The molecule has 3 rings (SSSR count). The number of fused-ring (bicyclic) bond motifs is 1. The number of anilines is 2. The first-order chi connectivity index (χ1) is 9.72. The van der Waals surface area contributed by atoms with E-state index >= 15 is 0 Å². The molecule has 0 bridgehead atoms. The first kappa shape index (κ1) is 13.8. The van der Waals surface area contributed by atoms with E-state index in [4.69, 9.17) is 4.74 Å². The van der Waals surface area contributed by atoms with Gasteiger partial charge in [-0.2, -0.15) is 0 Å². The summed E-state index contributed by atoms with van der Waals surface area (Å²) >= 11 is 3.33. The minimum Gasteiger partial charge on any atom is -0.381 e. The van der Waals surface area contributed by atoms with E-state index in [0.29, 0.717) is 22.9 Å². The van der Waals surface area contributed by atoms with E-state index in [1.807, 2.05) is 4.90 Å². The van der Waals surface area contributed by atoms with Gasteiger partial charge in [0.15, 0.2) is 11.6 Å². The van der Waals surface area contributed by atoms with Gasteiger partial charge >= 0.3 is 0 Å². The molecule has 1 aromatic rings. The number of nitrogens with zero attached hydrogens (tertiary/aromatic N) is 3. The molecule has 0 radical (unpaired) electrons. The lowest BCUT2D eigenvalue weighted by atomic mass is 9.96. The monoisotopic (exact) mass is 340 g/mol. The van der Waals surface area contributed by atoms with Gasteiger partial charge in [-0.05, 0) is 41.1 Å². The average Bonchev–Trinajstić information content (AvgIpc) is 2.46. The topological polar surface area (TPSA) is 67.4 Å². The highest BCUT2D eigenvalue weighted by Gasteiger charge is 2.25. The predicted octanol–water partition coefficient (Wildman–Crippen LogP) is 1.81. The molecule has 2 aliphatic heterocycles. The summed E-state index contributed by atoms with van der Waals surface area (Å²) in [7, 11) is 0. The van der Waals surface area contributed by atoms with Gasteiger partial charge in [0.1, 0.15) is 4.60 Å². The molecule has 1 saturated heterocycles. The van der Waals surface area contributed by atoms with Crippen molar-refractivity contribution in [3.63, 3.8) is 0 Å². The summed E-state index contributed by atoms with van der Waals surface area (Å²) < 4.78 is 6.06. The lowest BCUT2D eigenvalue weighted by Crippen LogP contribution is -2.40. The normalized spacial score (nSPS) is 19.6. The molecule has 0 aliphatic carbocycles. The SMILES string of the molecule is O=C1CN(CCC2CCOCC2)c2nc(Br)cnc2N1. The third-order valence-corrected chi connectivity index (χ3v) is 4.15.